The molecule has 0 atom stereocenters. The van der Waals surface area contributed by atoms with Gasteiger partial charge in [0, 0.05) is 18.8 Å². The SMILES string of the molecule is O=S(=O)(c1cccc(C(F)(F)F)c1)n1c(CCc2cccnc2)nc2ccccc21. The van der Waals surface area contributed by atoms with Crippen LogP contribution in [0.4, 0.5) is 13.2 Å². The lowest BCUT2D eigenvalue weighted by molar-refractivity contribution is -0.137. The molecule has 9 heteroatoms. The van der Waals surface area contributed by atoms with E-state index in [1.165, 1.54) is 0 Å². The highest BCUT2D eigenvalue weighted by atomic mass is 32.2. The summed E-state index contributed by atoms with van der Waals surface area (Å²) in [6.45, 7) is 0. The van der Waals surface area contributed by atoms with Gasteiger partial charge in [-0.3, -0.25) is 4.98 Å². The second kappa shape index (κ2) is 7.56. The van der Waals surface area contributed by atoms with Crippen LogP contribution in [0.2, 0.25) is 0 Å². The highest BCUT2D eigenvalue weighted by Gasteiger charge is 2.32. The van der Waals surface area contributed by atoms with E-state index in [2.05, 4.69) is 9.97 Å². The third-order valence-electron chi connectivity index (χ3n) is 4.64. The summed E-state index contributed by atoms with van der Waals surface area (Å²) in [6.07, 6.45) is -0.579. The monoisotopic (exact) mass is 431 g/mol. The number of aromatic nitrogens is 3. The molecule has 0 saturated heterocycles. The summed E-state index contributed by atoms with van der Waals surface area (Å²) >= 11 is 0. The topological polar surface area (TPSA) is 64.8 Å². The van der Waals surface area contributed by atoms with Crippen molar-refractivity contribution in [3.63, 3.8) is 0 Å². The van der Waals surface area contributed by atoms with Crippen molar-refractivity contribution in [1.29, 1.82) is 0 Å². The van der Waals surface area contributed by atoms with E-state index in [0.29, 0.717) is 23.5 Å². The smallest absolute Gasteiger partial charge is 0.264 e. The van der Waals surface area contributed by atoms with Crippen molar-refractivity contribution >= 4 is 21.1 Å². The predicted octanol–water partition coefficient (Wildman–Crippen LogP) is 4.47. The number of hydrogen-bond acceptors (Lipinski definition) is 4. The number of halogens is 3. The van der Waals surface area contributed by atoms with E-state index in [-0.39, 0.29) is 12.2 Å². The molecule has 4 rings (SSSR count). The summed E-state index contributed by atoms with van der Waals surface area (Å²) in [5.74, 6) is 0.248. The molecule has 0 bridgehead atoms. The first-order valence-electron chi connectivity index (χ1n) is 9.05. The van der Waals surface area contributed by atoms with E-state index in [4.69, 9.17) is 0 Å². The molecule has 2 aromatic carbocycles. The van der Waals surface area contributed by atoms with Crippen LogP contribution in [0.15, 0.2) is 78.0 Å². The van der Waals surface area contributed by atoms with Gasteiger partial charge in [0.1, 0.15) is 5.82 Å². The molecule has 0 saturated carbocycles. The van der Waals surface area contributed by atoms with Crippen LogP contribution >= 0.6 is 0 Å². The molecule has 2 heterocycles. The number of benzene rings is 2. The van der Waals surface area contributed by atoms with Crippen molar-refractivity contribution in [3.05, 3.63) is 90.0 Å². The molecule has 0 aliphatic rings. The van der Waals surface area contributed by atoms with E-state index in [1.54, 1.807) is 42.7 Å². The third-order valence-corrected chi connectivity index (χ3v) is 6.38. The number of para-hydroxylation sites is 2. The lowest BCUT2D eigenvalue weighted by atomic mass is 10.1. The number of alkyl halides is 3. The lowest BCUT2D eigenvalue weighted by Crippen LogP contribution is -2.17. The van der Waals surface area contributed by atoms with Crippen molar-refractivity contribution in [2.45, 2.75) is 23.9 Å². The predicted molar refractivity (Wildman–Crippen MR) is 105 cm³/mol. The van der Waals surface area contributed by atoms with Gasteiger partial charge in [-0.1, -0.05) is 24.3 Å². The van der Waals surface area contributed by atoms with E-state index < -0.39 is 26.7 Å². The summed E-state index contributed by atoms with van der Waals surface area (Å²) in [5.41, 5.74) is 0.641. The molecule has 0 fully saturated rings. The Kier molecular flexibility index (Phi) is 5.07. The maximum Gasteiger partial charge on any atom is 0.416 e. The molecule has 30 heavy (non-hydrogen) atoms. The van der Waals surface area contributed by atoms with Crippen molar-refractivity contribution < 1.29 is 21.6 Å². The van der Waals surface area contributed by atoms with E-state index in [0.717, 1.165) is 27.7 Å². The summed E-state index contributed by atoms with van der Waals surface area (Å²) < 4.78 is 67.1. The van der Waals surface area contributed by atoms with Crippen LogP contribution in [0.5, 0.6) is 0 Å². The number of pyridine rings is 1. The Morgan fingerprint density at radius 3 is 2.47 bits per heavy atom. The first-order valence-corrected chi connectivity index (χ1v) is 10.5. The second-order valence-electron chi connectivity index (χ2n) is 6.67. The number of hydrogen-bond donors (Lipinski definition) is 0. The number of nitrogens with zero attached hydrogens (tertiary/aromatic N) is 3. The van der Waals surface area contributed by atoms with Crippen molar-refractivity contribution in [3.8, 4) is 0 Å². The summed E-state index contributed by atoms with van der Waals surface area (Å²) in [6, 6.07) is 14.0. The molecule has 0 N–H and O–H groups in total. The molecule has 4 aromatic rings. The average molecular weight is 431 g/mol. The quantitative estimate of drug-likeness (QED) is 0.468. The van der Waals surface area contributed by atoms with Crippen LogP contribution in [-0.4, -0.2) is 22.4 Å². The minimum absolute atomic E-state index is 0.248. The van der Waals surface area contributed by atoms with Crippen LogP contribution in [0.1, 0.15) is 17.0 Å². The standard InChI is InChI=1S/C21H16F3N3O2S/c22-21(23,24)16-6-3-7-17(13-16)30(28,29)27-19-9-2-1-8-18(19)26-20(27)11-10-15-5-4-12-25-14-15/h1-9,12-14H,10-11H2. The van der Waals surface area contributed by atoms with Gasteiger partial charge in [-0.25, -0.2) is 17.4 Å². The van der Waals surface area contributed by atoms with Gasteiger partial charge in [0.2, 0.25) is 0 Å². The molecular weight excluding hydrogens is 415 g/mol. The third kappa shape index (κ3) is 3.80. The molecule has 154 valence electrons. The van der Waals surface area contributed by atoms with Crippen molar-refractivity contribution in [1.82, 2.24) is 13.9 Å². The number of fused-ring (bicyclic) bond motifs is 1. The Labute approximate surface area is 170 Å². The fourth-order valence-corrected chi connectivity index (χ4v) is 4.78. The van der Waals surface area contributed by atoms with Gasteiger partial charge in [0.25, 0.3) is 10.0 Å². The van der Waals surface area contributed by atoms with E-state index in [1.807, 2.05) is 6.07 Å². The van der Waals surface area contributed by atoms with Gasteiger partial charge in [-0.15, -0.1) is 0 Å². The van der Waals surface area contributed by atoms with Crippen molar-refractivity contribution in [2.24, 2.45) is 0 Å². The van der Waals surface area contributed by atoms with Gasteiger partial charge >= 0.3 is 6.18 Å². The van der Waals surface area contributed by atoms with Gasteiger partial charge in [0.05, 0.1) is 21.5 Å². The van der Waals surface area contributed by atoms with Gasteiger partial charge in [-0.2, -0.15) is 13.2 Å². The molecule has 0 aliphatic carbocycles. The molecule has 0 unspecified atom stereocenters. The first kappa shape index (κ1) is 20.1. The normalized spacial score (nSPS) is 12.4. The zero-order valence-electron chi connectivity index (χ0n) is 15.5. The van der Waals surface area contributed by atoms with Gasteiger partial charge < -0.3 is 0 Å². The Morgan fingerprint density at radius 1 is 0.933 bits per heavy atom. The maximum atomic E-state index is 13.4. The van der Waals surface area contributed by atoms with E-state index in [9.17, 15) is 21.6 Å². The second-order valence-corrected chi connectivity index (χ2v) is 8.46. The van der Waals surface area contributed by atoms with Crippen LogP contribution in [0.3, 0.4) is 0 Å². The van der Waals surface area contributed by atoms with Crippen LogP contribution in [0.25, 0.3) is 11.0 Å². The summed E-state index contributed by atoms with van der Waals surface area (Å²) in [4.78, 5) is 8.03. The molecule has 2 aromatic heterocycles. The van der Waals surface area contributed by atoms with Crippen LogP contribution < -0.4 is 0 Å². The fourth-order valence-electron chi connectivity index (χ4n) is 3.22. The zero-order chi connectivity index (χ0) is 21.4. The maximum absolute atomic E-state index is 13.4. The molecule has 5 nitrogen and oxygen atoms in total. The molecular formula is C21H16F3N3O2S. The lowest BCUT2D eigenvalue weighted by Gasteiger charge is -2.13. The van der Waals surface area contributed by atoms with Crippen molar-refractivity contribution in [2.75, 3.05) is 0 Å². The molecule has 0 spiro atoms. The highest BCUT2D eigenvalue weighted by Crippen LogP contribution is 2.32. The average Bonchev–Trinajstić information content (AvgIpc) is 3.12. The fraction of sp³-hybridized carbons (Fsp3) is 0.143. The van der Waals surface area contributed by atoms with Gasteiger partial charge in [0.15, 0.2) is 0 Å². The number of imidazole rings is 1. The summed E-state index contributed by atoms with van der Waals surface area (Å²) in [5, 5.41) is 0. The van der Waals surface area contributed by atoms with Gasteiger partial charge in [-0.05, 0) is 48.4 Å². The largest absolute Gasteiger partial charge is 0.416 e. The van der Waals surface area contributed by atoms with E-state index >= 15 is 0 Å². The Balaban J connectivity index is 1.82. The first-order chi connectivity index (χ1) is 14.3. The van der Waals surface area contributed by atoms with Crippen LogP contribution in [0, 0.1) is 0 Å². The minimum atomic E-state index is -4.65. The summed E-state index contributed by atoms with van der Waals surface area (Å²) in [7, 11) is -4.30. The molecule has 0 radical (unpaired) electrons. The Hall–Kier alpha value is -3.20. The zero-order valence-corrected chi connectivity index (χ0v) is 16.4. The highest BCUT2D eigenvalue weighted by molar-refractivity contribution is 7.90. The number of rotatable bonds is 5. The minimum Gasteiger partial charge on any atom is -0.264 e. The Morgan fingerprint density at radius 2 is 1.73 bits per heavy atom. The molecule has 0 aliphatic heterocycles. The molecule has 0 amide bonds. The number of aryl methyl sites for hydroxylation is 2. The Bertz CT molecular complexity index is 1300. The van der Waals surface area contributed by atoms with Crippen LogP contribution in [-0.2, 0) is 29.0 Å².